The molecule has 6 nitrogen and oxygen atoms in total. The van der Waals surface area contributed by atoms with Crippen molar-refractivity contribution in [1.29, 1.82) is 0 Å². The van der Waals surface area contributed by atoms with Gasteiger partial charge in [0.1, 0.15) is 5.82 Å². The van der Waals surface area contributed by atoms with Crippen LogP contribution in [0.25, 0.3) is 11.1 Å². The van der Waals surface area contributed by atoms with Crippen molar-refractivity contribution in [3.63, 3.8) is 0 Å². The molecule has 2 aromatic rings. The van der Waals surface area contributed by atoms with E-state index in [1.54, 1.807) is 24.5 Å². The number of aromatic nitrogens is 2. The molecular formula is C25H34FN5O. The van der Waals surface area contributed by atoms with Gasteiger partial charge in [-0.25, -0.2) is 14.4 Å². The number of nitrogens with zero attached hydrogens (tertiary/aromatic N) is 4. The van der Waals surface area contributed by atoms with Crippen LogP contribution in [0.5, 0.6) is 0 Å². The van der Waals surface area contributed by atoms with E-state index in [9.17, 15) is 9.18 Å². The number of anilines is 1. The van der Waals surface area contributed by atoms with E-state index in [1.165, 1.54) is 37.9 Å². The van der Waals surface area contributed by atoms with Gasteiger partial charge in [-0.15, -0.1) is 0 Å². The monoisotopic (exact) mass is 439 g/mol. The quantitative estimate of drug-likeness (QED) is 0.664. The smallest absolute Gasteiger partial charge is 0.225 e. The first-order chi connectivity index (χ1) is 15.6. The molecule has 0 spiro atoms. The van der Waals surface area contributed by atoms with Crippen molar-refractivity contribution in [3.05, 3.63) is 42.5 Å². The van der Waals surface area contributed by atoms with Crippen LogP contribution >= 0.6 is 0 Å². The minimum Gasteiger partial charge on any atom is -0.356 e. The molecule has 32 heavy (non-hydrogen) atoms. The fourth-order valence-electron chi connectivity index (χ4n) is 4.75. The van der Waals surface area contributed by atoms with Gasteiger partial charge in [-0.3, -0.25) is 4.79 Å². The number of amides is 1. The van der Waals surface area contributed by atoms with Gasteiger partial charge in [0.15, 0.2) is 0 Å². The van der Waals surface area contributed by atoms with Gasteiger partial charge in [0.25, 0.3) is 0 Å². The summed E-state index contributed by atoms with van der Waals surface area (Å²) in [4.78, 5) is 26.3. The number of hydrogen-bond acceptors (Lipinski definition) is 5. The highest BCUT2D eigenvalue weighted by molar-refractivity contribution is 5.78. The third kappa shape index (κ3) is 5.82. The molecule has 1 atom stereocenters. The Morgan fingerprint density at radius 3 is 2.44 bits per heavy atom. The first-order valence-corrected chi connectivity index (χ1v) is 11.9. The summed E-state index contributed by atoms with van der Waals surface area (Å²) in [6.45, 7) is 6.89. The molecule has 7 heteroatoms. The standard InChI is InChI=1S/C25H34FN5O/c1-19-5-2-3-13-30(19)14-4-12-27-24(32)21-10-15-31(16-11-21)25-28-17-22(18-29-25)20-6-8-23(26)9-7-20/h6-9,17-19,21H,2-5,10-16H2,1H3,(H,27,32)/t19-/m1/s1. The molecule has 0 aliphatic carbocycles. The van der Waals surface area contributed by atoms with Gasteiger partial charge in [0.05, 0.1) is 0 Å². The lowest BCUT2D eigenvalue weighted by molar-refractivity contribution is -0.125. The molecule has 0 unspecified atom stereocenters. The minimum atomic E-state index is -0.255. The second-order valence-electron chi connectivity index (χ2n) is 9.07. The van der Waals surface area contributed by atoms with Crippen molar-refractivity contribution in [2.45, 2.75) is 51.5 Å². The van der Waals surface area contributed by atoms with E-state index in [-0.39, 0.29) is 17.6 Å². The number of carbonyl (C=O) groups excluding carboxylic acids is 1. The molecule has 172 valence electrons. The third-order valence-electron chi connectivity index (χ3n) is 6.83. The van der Waals surface area contributed by atoms with Crippen molar-refractivity contribution < 1.29 is 9.18 Å². The van der Waals surface area contributed by atoms with Crippen LogP contribution in [0.2, 0.25) is 0 Å². The van der Waals surface area contributed by atoms with Crippen molar-refractivity contribution in [3.8, 4) is 11.1 Å². The van der Waals surface area contributed by atoms with Gasteiger partial charge in [-0.1, -0.05) is 18.6 Å². The first-order valence-electron chi connectivity index (χ1n) is 11.9. The van der Waals surface area contributed by atoms with Crippen LogP contribution < -0.4 is 10.2 Å². The maximum Gasteiger partial charge on any atom is 0.225 e. The molecule has 1 amide bonds. The molecule has 1 aromatic carbocycles. The molecular weight excluding hydrogens is 405 g/mol. The van der Waals surface area contributed by atoms with E-state index >= 15 is 0 Å². The fraction of sp³-hybridized carbons (Fsp3) is 0.560. The largest absolute Gasteiger partial charge is 0.356 e. The number of halogens is 1. The van der Waals surface area contributed by atoms with E-state index in [1.807, 2.05) is 0 Å². The van der Waals surface area contributed by atoms with Crippen LogP contribution in [0.4, 0.5) is 10.3 Å². The lowest BCUT2D eigenvalue weighted by atomic mass is 9.96. The highest BCUT2D eigenvalue weighted by Crippen LogP contribution is 2.23. The highest BCUT2D eigenvalue weighted by atomic mass is 19.1. The number of hydrogen-bond donors (Lipinski definition) is 1. The van der Waals surface area contributed by atoms with Gasteiger partial charge in [0.2, 0.25) is 11.9 Å². The average Bonchev–Trinajstić information content (AvgIpc) is 2.83. The van der Waals surface area contributed by atoms with Crippen molar-refractivity contribution >= 4 is 11.9 Å². The Morgan fingerprint density at radius 2 is 1.75 bits per heavy atom. The third-order valence-corrected chi connectivity index (χ3v) is 6.83. The Bertz CT molecular complexity index is 865. The first kappa shape index (κ1) is 22.6. The van der Waals surface area contributed by atoms with Crippen LogP contribution in [-0.2, 0) is 4.79 Å². The second kappa shape index (κ2) is 10.9. The van der Waals surface area contributed by atoms with Crippen molar-refractivity contribution in [1.82, 2.24) is 20.2 Å². The Kier molecular flexibility index (Phi) is 7.68. The van der Waals surface area contributed by atoms with Crippen LogP contribution in [0.15, 0.2) is 36.7 Å². The number of piperidine rings is 2. The predicted octanol–water partition coefficient (Wildman–Crippen LogP) is 3.88. The summed E-state index contributed by atoms with van der Waals surface area (Å²) in [7, 11) is 0. The molecule has 2 aliphatic rings. The zero-order valence-electron chi connectivity index (χ0n) is 19.0. The minimum absolute atomic E-state index is 0.0682. The van der Waals surface area contributed by atoms with E-state index in [0.717, 1.165) is 56.6 Å². The molecule has 0 radical (unpaired) electrons. The van der Waals surface area contributed by atoms with Crippen molar-refractivity contribution in [2.24, 2.45) is 5.92 Å². The zero-order chi connectivity index (χ0) is 22.3. The maximum absolute atomic E-state index is 13.1. The molecule has 2 fully saturated rings. The Hall–Kier alpha value is -2.54. The Balaban J connectivity index is 1.19. The molecule has 1 N–H and O–H groups in total. The Morgan fingerprint density at radius 1 is 1.03 bits per heavy atom. The van der Waals surface area contributed by atoms with Crippen LogP contribution in [-0.4, -0.2) is 59.5 Å². The summed E-state index contributed by atoms with van der Waals surface area (Å²) >= 11 is 0. The maximum atomic E-state index is 13.1. The molecule has 2 aliphatic heterocycles. The lowest BCUT2D eigenvalue weighted by Crippen LogP contribution is -2.42. The molecule has 4 rings (SSSR count). The molecule has 0 bridgehead atoms. The molecule has 3 heterocycles. The summed E-state index contributed by atoms with van der Waals surface area (Å²) < 4.78 is 13.1. The van der Waals surface area contributed by atoms with Gasteiger partial charge < -0.3 is 15.1 Å². The van der Waals surface area contributed by atoms with Crippen LogP contribution in [0, 0.1) is 11.7 Å². The van der Waals surface area contributed by atoms with Crippen LogP contribution in [0.1, 0.15) is 45.4 Å². The number of likely N-dealkylation sites (tertiary alicyclic amines) is 1. The predicted molar refractivity (Wildman–Crippen MR) is 125 cm³/mol. The van der Waals surface area contributed by atoms with E-state index in [2.05, 4.69) is 32.0 Å². The summed E-state index contributed by atoms with van der Waals surface area (Å²) in [6, 6.07) is 7.01. The molecule has 0 saturated carbocycles. The highest BCUT2D eigenvalue weighted by Gasteiger charge is 2.26. The van der Waals surface area contributed by atoms with E-state index in [0.29, 0.717) is 12.0 Å². The summed E-state index contributed by atoms with van der Waals surface area (Å²) in [6.07, 6.45) is 10.1. The summed E-state index contributed by atoms with van der Waals surface area (Å²) in [5, 5.41) is 3.15. The lowest BCUT2D eigenvalue weighted by Gasteiger charge is -2.33. The number of nitrogens with one attached hydrogen (secondary N) is 1. The number of benzene rings is 1. The van der Waals surface area contributed by atoms with Gasteiger partial charge >= 0.3 is 0 Å². The number of carbonyl (C=O) groups is 1. The topological polar surface area (TPSA) is 61.4 Å². The van der Waals surface area contributed by atoms with Gasteiger partial charge in [-0.2, -0.15) is 0 Å². The van der Waals surface area contributed by atoms with E-state index in [4.69, 9.17) is 0 Å². The van der Waals surface area contributed by atoms with Crippen LogP contribution in [0.3, 0.4) is 0 Å². The Labute approximate surface area is 190 Å². The van der Waals surface area contributed by atoms with Crippen molar-refractivity contribution in [2.75, 3.05) is 37.6 Å². The van der Waals surface area contributed by atoms with Gasteiger partial charge in [0, 0.05) is 56.1 Å². The summed E-state index contributed by atoms with van der Waals surface area (Å²) in [5.74, 6) is 0.683. The molecule has 2 saturated heterocycles. The number of rotatable bonds is 7. The fourth-order valence-corrected chi connectivity index (χ4v) is 4.75. The van der Waals surface area contributed by atoms with E-state index < -0.39 is 0 Å². The zero-order valence-corrected chi connectivity index (χ0v) is 19.0. The summed E-state index contributed by atoms with van der Waals surface area (Å²) in [5.41, 5.74) is 1.75. The average molecular weight is 440 g/mol. The van der Waals surface area contributed by atoms with Gasteiger partial charge in [-0.05, 0) is 63.3 Å². The second-order valence-corrected chi connectivity index (χ2v) is 9.07. The molecule has 1 aromatic heterocycles. The normalized spacial score (nSPS) is 20.3. The SMILES string of the molecule is C[C@@H]1CCCCN1CCCNC(=O)C1CCN(c2ncc(-c3ccc(F)cc3)cn2)CC1.